The van der Waals surface area contributed by atoms with E-state index in [9.17, 15) is 4.79 Å². The third-order valence-electron chi connectivity index (χ3n) is 3.57. The molecule has 0 amide bonds. The molecule has 9 heteroatoms. The Labute approximate surface area is 161 Å². The number of fused-ring (bicyclic) bond motifs is 1. The van der Waals surface area contributed by atoms with Crippen molar-refractivity contribution in [1.82, 2.24) is 14.4 Å². The first-order chi connectivity index (χ1) is 11.6. The molecule has 0 fully saturated rings. The fourth-order valence-electron chi connectivity index (χ4n) is 2.46. The molecular weight excluding hydrogens is 424 g/mol. The van der Waals surface area contributed by atoms with Crippen LogP contribution in [-0.2, 0) is 0 Å². The lowest BCUT2D eigenvalue weighted by molar-refractivity contribution is 0.0697. The zero-order valence-electron chi connectivity index (χ0n) is 13.0. The van der Waals surface area contributed by atoms with Gasteiger partial charge in [-0.2, -0.15) is 0 Å². The van der Waals surface area contributed by atoms with Gasteiger partial charge in [0.2, 0.25) is 0 Å². The number of halogens is 1. The van der Waals surface area contributed by atoms with Crippen molar-refractivity contribution in [2.75, 3.05) is 5.32 Å². The van der Waals surface area contributed by atoms with Crippen LogP contribution in [-0.4, -0.2) is 25.4 Å². The molecular formula is C16H13BrN4O2S2. The van der Waals surface area contributed by atoms with E-state index in [2.05, 4.69) is 15.3 Å². The molecule has 4 aromatic rings. The van der Waals surface area contributed by atoms with E-state index in [4.69, 9.17) is 5.11 Å². The van der Waals surface area contributed by atoms with Gasteiger partial charge in [-0.25, -0.2) is 14.8 Å². The Hall–Kier alpha value is -2.23. The van der Waals surface area contributed by atoms with Gasteiger partial charge in [0.15, 0.2) is 10.1 Å². The van der Waals surface area contributed by atoms with Crippen LogP contribution < -0.4 is 5.32 Å². The lowest BCUT2D eigenvalue weighted by Crippen LogP contribution is -1.96. The number of hydrogen-bond donors (Lipinski definition) is 2. The van der Waals surface area contributed by atoms with E-state index in [-0.39, 0.29) is 22.5 Å². The molecule has 0 aliphatic rings. The molecule has 0 spiro atoms. The van der Waals surface area contributed by atoms with Gasteiger partial charge < -0.3 is 10.4 Å². The van der Waals surface area contributed by atoms with E-state index in [0.29, 0.717) is 0 Å². The second-order valence-corrected chi connectivity index (χ2v) is 6.88. The number of benzene rings is 1. The van der Waals surface area contributed by atoms with E-state index in [1.807, 2.05) is 28.3 Å². The van der Waals surface area contributed by atoms with Gasteiger partial charge in [-0.1, -0.05) is 0 Å². The van der Waals surface area contributed by atoms with Crippen LogP contribution in [0.5, 0.6) is 0 Å². The lowest BCUT2D eigenvalue weighted by atomic mass is 10.2. The number of aromatic carboxylic acids is 1. The van der Waals surface area contributed by atoms with Crippen LogP contribution in [0.4, 0.5) is 10.8 Å². The molecule has 0 atom stereocenters. The number of hydrogen-bond acceptors (Lipinski definition) is 6. The van der Waals surface area contributed by atoms with Crippen molar-refractivity contribution in [2.45, 2.75) is 6.92 Å². The number of carbonyl (C=O) groups is 1. The number of aryl methyl sites for hydroxylation is 1. The van der Waals surface area contributed by atoms with Crippen molar-refractivity contribution in [3.8, 4) is 11.4 Å². The minimum Gasteiger partial charge on any atom is -0.478 e. The Morgan fingerprint density at radius 3 is 2.68 bits per heavy atom. The highest BCUT2D eigenvalue weighted by molar-refractivity contribution is 8.93. The quantitative estimate of drug-likeness (QED) is 0.477. The normalized spacial score (nSPS) is 10.6. The average molecular weight is 437 g/mol. The monoisotopic (exact) mass is 436 g/mol. The highest BCUT2D eigenvalue weighted by Crippen LogP contribution is 2.31. The summed E-state index contributed by atoms with van der Waals surface area (Å²) in [6.45, 7) is 1.98. The van der Waals surface area contributed by atoms with Crippen molar-refractivity contribution in [2.24, 2.45) is 0 Å². The van der Waals surface area contributed by atoms with Crippen LogP contribution in [0.3, 0.4) is 0 Å². The summed E-state index contributed by atoms with van der Waals surface area (Å²) in [6.07, 6.45) is 1.99. The molecule has 2 N–H and O–H groups in total. The summed E-state index contributed by atoms with van der Waals surface area (Å²) in [6, 6.07) is 6.59. The third kappa shape index (κ3) is 3.30. The minimum atomic E-state index is -0.936. The Morgan fingerprint density at radius 1 is 1.20 bits per heavy atom. The highest BCUT2D eigenvalue weighted by Gasteiger charge is 2.15. The largest absolute Gasteiger partial charge is 0.478 e. The van der Waals surface area contributed by atoms with Crippen molar-refractivity contribution >= 4 is 61.4 Å². The van der Waals surface area contributed by atoms with Crippen molar-refractivity contribution in [1.29, 1.82) is 0 Å². The summed E-state index contributed by atoms with van der Waals surface area (Å²) < 4.78 is 2.04. The minimum absolute atomic E-state index is 0. The van der Waals surface area contributed by atoms with Crippen molar-refractivity contribution in [3.63, 3.8) is 0 Å². The van der Waals surface area contributed by atoms with Gasteiger partial charge in [0.25, 0.3) is 0 Å². The molecule has 3 heterocycles. The number of imidazole rings is 1. The second kappa shape index (κ2) is 6.95. The zero-order valence-corrected chi connectivity index (χ0v) is 16.3. The van der Waals surface area contributed by atoms with Crippen molar-refractivity contribution in [3.05, 3.63) is 52.5 Å². The first-order valence-corrected chi connectivity index (χ1v) is 8.86. The first-order valence-electron chi connectivity index (χ1n) is 7.10. The molecule has 25 heavy (non-hydrogen) atoms. The summed E-state index contributed by atoms with van der Waals surface area (Å²) in [4.78, 5) is 21.0. The molecule has 0 aliphatic heterocycles. The van der Waals surface area contributed by atoms with E-state index in [1.165, 1.54) is 11.3 Å². The molecule has 1 aromatic carbocycles. The maximum atomic E-state index is 10.9. The van der Waals surface area contributed by atoms with E-state index >= 15 is 0 Å². The van der Waals surface area contributed by atoms with E-state index < -0.39 is 5.97 Å². The van der Waals surface area contributed by atoms with E-state index in [1.54, 1.807) is 35.6 Å². The number of carboxylic acid groups (broad SMARTS) is 1. The molecule has 0 radical (unpaired) electrons. The fourth-order valence-corrected chi connectivity index (χ4v) is 3.94. The van der Waals surface area contributed by atoms with Crippen molar-refractivity contribution < 1.29 is 9.90 Å². The number of nitrogens with zero attached hydrogens (tertiary/aromatic N) is 3. The standard InChI is InChI=1S/C16H12N4O2S2.BrH/c1-9-13(20-6-7-23-16(20)17-9)12-8-24-15(19-12)18-11-4-2-10(3-5-11)14(21)22;/h2-8H,1H3,(H,18,19)(H,21,22);1H. The average Bonchev–Trinajstić information content (AvgIpc) is 3.24. The van der Waals surface area contributed by atoms with Crippen LogP contribution in [0.2, 0.25) is 0 Å². The molecule has 6 nitrogen and oxygen atoms in total. The number of rotatable bonds is 4. The molecule has 0 unspecified atom stereocenters. The summed E-state index contributed by atoms with van der Waals surface area (Å²) in [5, 5.41) is 16.9. The maximum Gasteiger partial charge on any atom is 0.335 e. The van der Waals surface area contributed by atoms with Gasteiger partial charge >= 0.3 is 5.97 Å². The topological polar surface area (TPSA) is 79.5 Å². The molecule has 4 rings (SSSR count). The SMILES string of the molecule is Br.Cc1nc2sccn2c1-c1csc(Nc2ccc(C(=O)O)cc2)n1. The highest BCUT2D eigenvalue weighted by atomic mass is 79.9. The summed E-state index contributed by atoms with van der Waals surface area (Å²) in [5.41, 5.74) is 3.87. The fraction of sp³-hybridized carbons (Fsp3) is 0.0625. The molecule has 0 bridgehead atoms. The molecule has 0 saturated carbocycles. The Bertz CT molecular complexity index is 1040. The lowest BCUT2D eigenvalue weighted by Gasteiger charge is -2.02. The smallest absolute Gasteiger partial charge is 0.335 e. The van der Waals surface area contributed by atoms with Crippen LogP contribution in [0.15, 0.2) is 41.2 Å². The third-order valence-corrected chi connectivity index (χ3v) is 5.08. The van der Waals surface area contributed by atoms with Crippen LogP contribution in [0.25, 0.3) is 16.3 Å². The van der Waals surface area contributed by atoms with Gasteiger partial charge in [-0.15, -0.1) is 39.7 Å². The van der Waals surface area contributed by atoms with E-state index in [0.717, 1.165) is 32.9 Å². The first kappa shape index (κ1) is 17.6. The summed E-state index contributed by atoms with van der Waals surface area (Å²) in [5.74, 6) is -0.936. The summed E-state index contributed by atoms with van der Waals surface area (Å²) in [7, 11) is 0. The predicted molar refractivity (Wildman–Crippen MR) is 106 cm³/mol. The number of aromatic nitrogens is 3. The number of thiazole rings is 2. The molecule has 3 aromatic heterocycles. The van der Waals surface area contributed by atoms with Gasteiger partial charge in [0.1, 0.15) is 5.69 Å². The van der Waals surface area contributed by atoms with Gasteiger partial charge in [0.05, 0.1) is 17.0 Å². The summed E-state index contributed by atoms with van der Waals surface area (Å²) >= 11 is 3.09. The number of carboxylic acids is 1. The van der Waals surface area contributed by atoms with Gasteiger partial charge in [-0.3, -0.25) is 4.40 Å². The Kier molecular flexibility index (Phi) is 4.89. The number of anilines is 2. The number of nitrogens with one attached hydrogen (secondary N) is 1. The van der Waals surface area contributed by atoms with Crippen LogP contribution in [0, 0.1) is 6.92 Å². The van der Waals surface area contributed by atoms with Gasteiger partial charge in [-0.05, 0) is 31.2 Å². The predicted octanol–water partition coefficient (Wildman–Crippen LogP) is 4.85. The Morgan fingerprint density at radius 2 is 1.96 bits per heavy atom. The van der Waals surface area contributed by atoms with Crippen LogP contribution in [0.1, 0.15) is 16.1 Å². The molecule has 0 aliphatic carbocycles. The second-order valence-electron chi connectivity index (χ2n) is 5.15. The molecule has 128 valence electrons. The maximum absolute atomic E-state index is 10.9. The van der Waals surface area contributed by atoms with Gasteiger partial charge in [0, 0.05) is 22.6 Å². The zero-order chi connectivity index (χ0) is 16.7. The Balaban J connectivity index is 0.00000182. The molecule has 0 saturated heterocycles. The van der Waals surface area contributed by atoms with Crippen LogP contribution >= 0.6 is 39.7 Å².